The van der Waals surface area contributed by atoms with E-state index in [2.05, 4.69) is 10.6 Å². The number of hydrogen-bond acceptors (Lipinski definition) is 4. The molecule has 0 saturated heterocycles. The number of thiophene rings is 1. The summed E-state index contributed by atoms with van der Waals surface area (Å²) in [5, 5.41) is 6.38. The molecular weight excluding hydrogens is 372 g/mol. The smallest absolute Gasteiger partial charge is 0.258 e. The number of para-hydroxylation sites is 1. The van der Waals surface area contributed by atoms with Crippen LogP contribution in [-0.2, 0) is 17.6 Å². The molecule has 5 nitrogen and oxygen atoms in total. The second-order valence-corrected chi connectivity index (χ2v) is 7.74. The van der Waals surface area contributed by atoms with Gasteiger partial charge in [0.2, 0.25) is 5.91 Å². The van der Waals surface area contributed by atoms with Crippen molar-refractivity contribution in [3.8, 4) is 11.5 Å². The van der Waals surface area contributed by atoms with E-state index in [-0.39, 0.29) is 11.8 Å². The summed E-state index contributed by atoms with van der Waals surface area (Å²) in [5.74, 6) is 1.09. The van der Waals surface area contributed by atoms with Crippen LogP contribution < -0.4 is 15.4 Å². The highest BCUT2D eigenvalue weighted by Crippen LogP contribution is 2.39. The van der Waals surface area contributed by atoms with Crippen molar-refractivity contribution >= 4 is 33.8 Å². The Balaban J connectivity index is 1.50. The largest absolute Gasteiger partial charge is 0.457 e. The fourth-order valence-electron chi connectivity index (χ4n) is 3.32. The minimum atomic E-state index is -0.195. The third-order valence-electron chi connectivity index (χ3n) is 4.53. The Morgan fingerprint density at radius 1 is 0.929 bits per heavy atom. The molecule has 0 aliphatic heterocycles. The van der Waals surface area contributed by atoms with Crippen molar-refractivity contribution in [2.75, 3.05) is 10.6 Å². The van der Waals surface area contributed by atoms with Crippen LogP contribution in [0.25, 0.3) is 0 Å². The van der Waals surface area contributed by atoms with Crippen molar-refractivity contribution in [2.24, 2.45) is 0 Å². The molecule has 6 heteroatoms. The fraction of sp³-hybridized carbons (Fsp3) is 0.182. The monoisotopic (exact) mass is 392 g/mol. The maximum atomic E-state index is 12.9. The van der Waals surface area contributed by atoms with Gasteiger partial charge in [0.15, 0.2) is 0 Å². The average Bonchev–Trinajstić information content (AvgIpc) is 3.24. The molecule has 0 saturated carbocycles. The second-order valence-electron chi connectivity index (χ2n) is 6.64. The molecule has 2 aromatic carbocycles. The Morgan fingerprint density at radius 3 is 2.36 bits per heavy atom. The van der Waals surface area contributed by atoms with Crippen molar-refractivity contribution in [1.82, 2.24) is 0 Å². The lowest BCUT2D eigenvalue weighted by atomic mass is 10.1. The first kappa shape index (κ1) is 18.3. The average molecular weight is 392 g/mol. The number of benzene rings is 2. The van der Waals surface area contributed by atoms with Crippen LogP contribution in [0.2, 0.25) is 0 Å². The highest BCUT2D eigenvalue weighted by Gasteiger charge is 2.27. The number of nitrogens with one attached hydrogen (secondary N) is 2. The molecule has 1 aliphatic carbocycles. The second kappa shape index (κ2) is 7.86. The highest BCUT2D eigenvalue weighted by atomic mass is 32.1. The number of anilines is 2. The van der Waals surface area contributed by atoms with Crippen LogP contribution in [0.3, 0.4) is 0 Å². The number of hydrogen-bond donors (Lipinski definition) is 2. The molecule has 0 spiro atoms. The van der Waals surface area contributed by atoms with E-state index in [4.69, 9.17) is 4.74 Å². The van der Waals surface area contributed by atoms with Crippen LogP contribution >= 0.6 is 11.3 Å². The number of aryl methyl sites for hydroxylation is 1. The van der Waals surface area contributed by atoms with E-state index in [0.29, 0.717) is 22.0 Å². The lowest BCUT2D eigenvalue weighted by molar-refractivity contribution is -0.114. The fourth-order valence-corrected chi connectivity index (χ4v) is 4.65. The van der Waals surface area contributed by atoms with Gasteiger partial charge >= 0.3 is 0 Å². The maximum Gasteiger partial charge on any atom is 0.258 e. The Labute approximate surface area is 167 Å². The molecule has 2 amide bonds. The lowest BCUT2D eigenvalue weighted by Gasteiger charge is -2.10. The van der Waals surface area contributed by atoms with Crippen LogP contribution in [-0.4, -0.2) is 11.8 Å². The predicted octanol–water partition coefficient (Wildman–Crippen LogP) is 5.24. The van der Waals surface area contributed by atoms with Crippen LogP contribution in [0.4, 0.5) is 10.7 Å². The molecule has 1 aromatic heterocycles. The molecule has 0 fully saturated rings. The predicted molar refractivity (Wildman–Crippen MR) is 112 cm³/mol. The summed E-state index contributed by atoms with van der Waals surface area (Å²) in [7, 11) is 0. The first-order valence-corrected chi connectivity index (χ1v) is 9.98. The zero-order valence-corrected chi connectivity index (χ0v) is 16.3. The molecule has 28 heavy (non-hydrogen) atoms. The van der Waals surface area contributed by atoms with E-state index >= 15 is 0 Å². The molecule has 4 rings (SSSR count). The standard InChI is InChI=1S/C22H20N2O3S/c1-14(25)23-22-20(18-8-5-9-19(18)28-22)21(26)24-15-10-12-17(13-11-15)27-16-6-3-2-4-7-16/h2-4,6-7,10-13H,5,8-9H2,1H3,(H,23,25)(H,24,26). The molecular formula is C22H20N2O3S. The van der Waals surface area contributed by atoms with Gasteiger partial charge in [-0.2, -0.15) is 0 Å². The minimum Gasteiger partial charge on any atom is -0.457 e. The minimum absolute atomic E-state index is 0.170. The number of carbonyl (C=O) groups is 2. The summed E-state index contributed by atoms with van der Waals surface area (Å²) < 4.78 is 5.78. The van der Waals surface area contributed by atoms with E-state index in [1.807, 2.05) is 42.5 Å². The molecule has 0 atom stereocenters. The van der Waals surface area contributed by atoms with Crippen molar-refractivity contribution in [2.45, 2.75) is 26.2 Å². The summed E-state index contributed by atoms with van der Waals surface area (Å²) >= 11 is 1.51. The molecule has 0 bridgehead atoms. The van der Waals surface area contributed by atoms with Crippen molar-refractivity contribution in [1.29, 1.82) is 0 Å². The molecule has 1 heterocycles. The number of rotatable bonds is 5. The van der Waals surface area contributed by atoms with Crippen molar-refractivity contribution < 1.29 is 14.3 Å². The van der Waals surface area contributed by atoms with Gasteiger partial charge in [0.25, 0.3) is 5.91 Å². The Bertz CT molecular complexity index is 1010. The summed E-state index contributed by atoms with van der Waals surface area (Å²) in [6.45, 7) is 1.46. The first-order chi connectivity index (χ1) is 13.6. The van der Waals surface area contributed by atoms with Crippen LogP contribution in [0.1, 0.15) is 34.1 Å². The zero-order valence-electron chi connectivity index (χ0n) is 15.5. The Kier molecular flexibility index (Phi) is 5.12. The Morgan fingerprint density at radius 2 is 1.64 bits per heavy atom. The number of ether oxygens (including phenoxy) is 1. The highest BCUT2D eigenvalue weighted by molar-refractivity contribution is 7.17. The van der Waals surface area contributed by atoms with Gasteiger partial charge in [0, 0.05) is 17.5 Å². The first-order valence-electron chi connectivity index (χ1n) is 9.16. The van der Waals surface area contributed by atoms with E-state index in [1.54, 1.807) is 12.1 Å². The molecule has 0 unspecified atom stereocenters. The third-order valence-corrected chi connectivity index (χ3v) is 5.74. The van der Waals surface area contributed by atoms with Crippen LogP contribution in [0.15, 0.2) is 54.6 Å². The van der Waals surface area contributed by atoms with Crippen molar-refractivity contribution in [3.05, 3.63) is 70.6 Å². The number of carbonyl (C=O) groups excluding carboxylic acids is 2. The topological polar surface area (TPSA) is 67.4 Å². The summed E-state index contributed by atoms with van der Waals surface area (Å²) in [4.78, 5) is 25.6. The van der Waals surface area contributed by atoms with E-state index in [9.17, 15) is 9.59 Å². The summed E-state index contributed by atoms with van der Waals surface area (Å²) in [6, 6.07) is 16.8. The lowest BCUT2D eigenvalue weighted by Crippen LogP contribution is -2.16. The molecule has 3 aromatic rings. The van der Waals surface area contributed by atoms with Gasteiger partial charge in [-0.05, 0) is 61.2 Å². The van der Waals surface area contributed by atoms with Gasteiger partial charge in [-0.25, -0.2) is 0 Å². The molecule has 0 radical (unpaired) electrons. The molecule has 1 aliphatic rings. The number of amides is 2. The maximum absolute atomic E-state index is 12.9. The zero-order chi connectivity index (χ0) is 19.5. The van der Waals surface area contributed by atoms with Crippen molar-refractivity contribution in [3.63, 3.8) is 0 Å². The van der Waals surface area contributed by atoms with Crippen LogP contribution in [0.5, 0.6) is 11.5 Å². The quantitative estimate of drug-likeness (QED) is 0.624. The molecule has 2 N–H and O–H groups in total. The van der Waals surface area contributed by atoms with Gasteiger partial charge in [0.05, 0.1) is 5.56 Å². The Hall–Kier alpha value is -3.12. The molecule has 142 valence electrons. The van der Waals surface area contributed by atoms with Gasteiger partial charge in [0.1, 0.15) is 16.5 Å². The normalized spacial score (nSPS) is 12.3. The van der Waals surface area contributed by atoms with Crippen LogP contribution in [0, 0.1) is 0 Å². The van der Waals surface area contributed by atoms with E-state index < -0.39 is 0 Å². The third kappa shape index (κ3) is 3.92. The van der Waals surface area contributed by atoms with Gasteiger partial charge in [-0.1, -0.05) is 18.2 Å². The van der Waals surface area contributed by atoms with Gasteiger partial charge in [-0.3, -0.25) is 9.59 Å². The van der Waals surface area contributed by atoms with Gasteiger partial charge in [-0.15, -0.1) is 11.3 Å². The summed E-state index contributed by atoms with van der Waals surface area (Å²) in [5.41, 5.74) is 2.34. The van der Waals surface area contributed by atoms with Gasteiger partial charge < -0.3 is 15.4 Å². The summed E-state index contributed by atoms with van der Waals surface area (Å²) in [6.07, 6.45) is 2.89. The van der Waals surface area contributed by atoms with E-state index in [0.717, 1.165) is 30.6 Å². The number of fused-ring (bicyclic) bond motifs is 1. The SMILES string of the molecule is CC(=O)Nc1sc2c(c1C(=O)Nc1ccc(Oc3ccccc3)cc1)CCC2. The van der Waals surface area contributed by atoms with E-state index in [1.165, 1.54) is 23.1 Å².